The van der Waals surface area contributed by atoms with Gasteiger partial charge in [-0.25, -0.2) is 0 Å². The molecule has 1 aromatic rings. The fraction of sp³-hybridized carbons (Fsp3) is 0.467. The minimum absolute atomic E-state index is 0.0331. The highest BCUT2D eigenvalue weighted by atomic mass is 16.5. The molecule has 1 N–H and O–H groups in total. The third kappa shape index (κ3) is 3.29. The Morgan fingerprint density at radius 2 is 2.15 bits per heavy atom. The molecule has 1 aliphatic heterocycles. The Morgan fingerprint density at radius 3 is 2.85 bits per heavy atom. The van der Waals surface area contributed by atoms with Crippen molar-refractivity contribution in [3.63, 3.8) is 0 Å². The van der Waals surface area contributed by atoms with E-state index in [1.54, 1.807) is 25.1 Å². The summed E-state index contributed by atoms with van der Waals surface area (Å²) >= 11 is 0. The molecule has 1 aromatic carbocycles. The Hall–Kier alpha value is -2.04. The van der Waals surface area contributed by atoms with Gasteiger partial charge in [0.1, 0.15) is 11.5 Å². The first-order valence-electron chi connectivity index (χ1n) is 6.71. The summed E-state index contributed by atoms with van der Waals surface area (Å²) in [4.78, 5) is 23.2. The topological polar surface area (TPSA) is 64.6 Å². The third-order valence-electron chi connectivity index (χ3n) is 2.98. The summed E-state index contributed by atoms with van der Waals surface area (Å²) in [7, 11) is 0. The molecular weight excluding hydrogens is 258 g/mol. The zero-order valence-corrected chi connectivity index (χ0v) is 11.9. The molecule has 2 rings (SSSR count). The Bertz CT molecular complexity index is 525. The molecule has 1 aliphatic rings. The van der Waals surface area contributed by atoms with Gasteiger partial charge in [-0.1, -0.05) is 13.8 Å². The van der Waals surface area contributed by atoms with Gasteiger partial charge in [-0.2, -0.15) is 0 Å². The molecular formula is C15H19NO4. The second-order valence-corrected chi connectivity index (χ2v) is 5.27. The van der Waals surface area contributed by atoms with Crippen molar-refractivity contribution in [2.45, 2.75) is 26.9 Å². The standard InChI is InChI=1S/C15H19NO4/c1-9(2)7-16-15(18)10(3)20-11-4-5-12-13(17)8-19-14(12)6-11/h4-6,9-10H,7-8H2,1-3H3,(H,16,18). The van der Waals surface area contributed by atoms with Crippen LogP contribution in [0.4, 0.5) is 0 Å². The number of carbonyl (C=O) groups is 2. The molecule has 1 heterocycles. The minimum atomic E-state index is -0.594. The molecule has 5 heteroatoms. The molecule has 0 aromatic heterocycles. The van der Waals surface area contributed by atoms with E-state index in [2.05, 4.69) is 5.32 Å². The van der Waals surface area contributed by atoms with E-state index >= 15 is 0 Å². The zero-order chi connectivity index (χ0) is 14.7. The van der Waals surface area contributed by atoms with E-state index in [4.69, 9.17) is 9.47 Å². The number of carbonyl (C=O) groups excluding carboxylic acids is 2. The molecule has 0 aliphatic carbocycles. The maximum absolute atomic E-state index is 11.8. The van der Waals surface area contributed by atoms with E-state index in [1.165, 1.54) is 0 Å². The largest absolute Gasteiger partial charge is 0.485 e. The Labute approximate surface area is 118 Å². The third-order valence-corrected chi connectivity index (χ3v) is 2.98. The Morgan fingerprint density at radius 1 is 1.40 bits per heavy atom. The number of ether oxygens (including phenoxy) is 2. The number of benzene rings is 1. The van der Waals surface area contributed by atoms with Crippen molar-refractivity contribution in [2.75, 3.05) is 13.2 Å². The van der Waals surface area contributed by atoms with Crippen molar-refractivity contribution in [2.24, 2.45) is 5.92 Å². The number of hydrogen-bond donors (Lipinski definition) is 1. The molecule has 0 radical (unpaired) electrons. The second-order valence-electron chi connectivity index (χ2n) is 5.27. The summed E-state index contributed by atoms with van der Waals surface area (Å²) in [6.07, 6.45) is -0.594. The van der Waals surface area contributed by atoms with Crippen LogP contribution in [0.15, 0.2) is 18.2 Å². The normalized spacial score (nSPS) is 14.7. The summed E-state index contributed by atoms with van der Waals surface area (Å²) < 4.78 is 10.8. The molecule has 108 valence electrons. The van der Waals surface area contributed by atoms with E-state index < -0.39 is 6.10 Å². The monoisotopic (exact) mass is 277 g/mol. The fourth-order valence-electron chi connectivity index (χ4n) is 1.85. The van der Waals surface area contributed by atoms with Crippen molar-refractivity contribution in [1.82, 2.24) is 5.32 Å². The van der Waals surface area contributed by atoms with Gasteiger partial charge in [-0.05, 0) is 25.0 Å². The average molecular weight is 277 g/mol. The van der Waals surface area contributed by atoms with Crippen LogP contribution in [-0.2, 0) is 4.79 Å². The van der Waals surface area contributed by atoms with Crippen molar-refractivity contribution in [3.05, 3.63) is 23.8 Å². The smallest absolute Gasteiger partial charge is 0.260 e. The number of ketones is 1. The van der Waals surface area contributed by atoms with Crippen LogP contribution in [0.5, 0.6) is 11.5 Å². The molecule has 20 heavy (non-hydrogen) atoms. The molecule has 1 unspecified atom stereocenters. The number of fused-ring (bicyclic) bond motifs is 1. The maximum Gasteiger partial charge on any atom is 0.260 e. The lowest BCUT2D eigenvalue weighted by Crippen LogP contribution is -2.38. The summed E-state index contributed by atoms with van der Waals surface area (Å²) in [6, 6.07) is 4.99. The molecule has 0 bridgehead atoms. The molecule has 0 saturated heterocycles. The van der Waals surface area contributed by atoms with Crippen LogP contribution in [0.3, 0.4) is 0 Å². The molecule has 1 amide bonds. The summed E-state index contributed by atoms with van der Waals surface area (Å²) in [5.41, 5.74) is 0.564. The predicted octanol–water partition coefficient (Wildman–Crippen LogP) is 1.80. The van der Waals surface area contributed by atoms with Gasteiger partial charge in [0.15, 0.2) is 12.7 Å². The van der Waals surface area contributed by atoms with E-state index in [1.807, 2.05) is 13.8 Å². The van der Waals surface area contributed by atoms with E-state index in [0.717, 1.165) is 0 Å². The van der Waals surface area contributed by atoms with Gasteiger partial charge in [0, 0.05) is 12.6 Å². The van der Waals surface area contributed by atoms with Crippen LogP contribution < -0.4 is 14.8 Å². The highest BCUT2D eigenvalue weighted by Crippen LogP contribution is 2.29. The lowest BCUT2D eigenvalue weighted by atomic mass is 10.1. The lowest BCUT2D eigenvalue weighted by molar-refractivity contribution is -0.127. The van der Waals surface area contributed by atoms with Crippen LogP contribution >= 0.6 is 0 Å². The van der Waals surface area contributed by atoms with E-state index in [0.29, 0.717) is 29.5 Å². The van der Waals surface area contributed by atoms with Crippen molar-refractivity contribution in [3.8, 4) is 11.5 Å². The molecule has 5 nitrogen and oxygen atoms in total. The van der Waals surface area contributed by atoms with Gasteiger partial charge in [0.2, 0.25) is 5.78 Å². The first-order chi connectivity index (χ1) is 9.47. The van der Waals surface area contributed by atoms with Gasteiger partial charge in [-0.3, -0.25) is 9.59 Å². The first-order valence-corrected chi connectivity index (χ1v) is 6.71. The summed E-state index contributed by atoms with van der Waals surface area (Å²) in [5.74, 6) is 1.24. The van der Waals surface area contributed by atoms with Gasteiger partial charge in [-0.15, -0.1) is 0 Å². The number of hydrogen-bond acceptors (Lipinski definition) is 4. The Kier molecular flexibility index (Phi) is 4.27. The van der Waals surface area contributed by atoms with E-state index in [-0.39, 0.29) is 18.3 Å². The predicted molar refractivity (Wildman–Crippen MR) is 74.2 cm³/mol. The van der Waals surface area contributed by atoms with Crippen LogP contribution in [0.2, 0.25) is 0 Å². The van der Waals surface area contributed by atoms with Crippen LogP contribution in [0.1, 0.15) is 31.1 Å². The second kappa shape index (κ2) is 5.94. The molecule has 0 spiro atoms. The zero-order valence-electron chi connectivity index (χ0n) is 11.9. The highest BCUT2D eigenvalue weighted by Gasteiger charge is 2.22. The number of amides is 1. The first kappa shape index (κ1) is 14.4. The number of Topliss-reactive ketones (excluding diaryl/α,β-unsaturated/α-hetero) is 1. The highest BCUT2D eigenvalue weighted by molar-refractivity contribution is 6.02. The fourth-order valence-corrected chi connectivity index (χ4v) is 1.85. The Balaban J connectivity index is 1.96. The van der Waals surface area contributed by atoms with Crippen LogP contribution in [-0.4, -0.2) is 30.9 Å². The van der Waals surface area contributed by atoms with Crippen molar-refractivity contribution < 1.29 is 19.1 Å². The van der Waals surface area contributed by atoms with E-state index in [9.17, 15) is 9.59 Å². The quantitative estimate of drug-likeness (QED) is 0.891. The van der Waals surface area contributed by atoms with Gasteiger partial charge < -0.3 is 14.8 Å². The van der Waals surface area contributed by atoms with Crippen molar-refractivity contribution >= 4 is 11.7 Å². The van der Waals surface area contributed by atoms with Gasteiger partial charge in [0.25, 0.3) is 5.91 Å². The van der Waals surface area contributed by atoms with Crippen LogP contribution in [0, 0.1) is 5.92 Å². The van der Waals surface area contributed by atoms with Crippen molar-refractivity contribution in [1.29, 1.82) is 0 Å². The molecule has 1 atom stereocenters. The lowest BCUT2D eigenvalue weighted by Gasteiger charge is -2.16. The van der Waals surface area contributed by atoms with Crippen LogP contribution in [0.25, 0.3) is 0 Å². The van der Waals surface area contributed by atoms with Gasteiger partial charge in [0.05, 0.1) is 5.56 Å². The number of nitrogens with one attached hydrogen (secondary N) is 1. The SMILES string of the molecule is CC(C)CNC(=O)C(C)Oc1ccc2c(c1)OCC2=O. The number of rotatable bonds is 5. The summed E-state index contributed by atoms with van der Waals surface area (Å²) in [5, 5.41) is 2.81. The average Bonchev–Trinajstić information content (AvgIpc) is 2.77. The minimum Gasteiger partial charge on any atom is -0.485 e. The molecule has 0 fully saturated rings. The summed E-state index contributed by atoms with van der Waals surface area (Å²) in [6.45, 7) is 6.44. The maximum atomic E-state index is 11.8. The van der Waals surface area contributed by atoms with Gasteiger partial charge >= 0.3 is 0 Å². The molecule has 0 saturated carbocycles.